The van der Waals surface area contributed by atoms with Gasteiger partial charge in [0.1, 0.15) is 11.7 Å². The molecule has 7 atom stereocenters. The Morgan fingerprint density at radius 3 is 2.73 bits per heavy atom. The summed E-state index contributed by atoms with van der Waals surface area (Å²) in [4.78, 5) is 2.46. The molecule has 0 radical (unpaired) electrons. The molecular formula is C23H35NO5Si. The molecule has 2 fully saturated rings. The van der Waals surface area contributed by atoms with Crippen LogP contribution in [0.3, 0.4) is 0 Å². The summed E-state index contributed by atoms with van der Waals surface area (Å²) >= 11 is 0. The molecule has 0 amide bonds. The van der Waals surface area contributed by atoms with Crippen molar-refractivity contribution in [3.8, 4) is 0 Å². The molecule has 2 heterocycles. The van der Waals surface area contributed by atoms with E-state index in [0.29, 0.717) is 18.4 Å². The van der Waals surface area contributed by atoms with E-state index in [4.69, 9.17) is 13.6 Å². The molecule has 1 spiro atoms. The lowest BCUT2D eigenvalue weighted by atomic mass is 9.50. The van der Waals surface area contributed by atoms with Gasteiger partial charge in [0.25, 0.3) is 0 Å². The Balaban J connectivity index is 1.56. The fraction of sp³-hybridized carbons (Fsp3) is 0.739. The molecule has 2 saturated heterocycles. The van der Waals surface area contributed by atoms with E-state index in [1.54, 1.807) is 14.2 Å². The standard InChI is InChI=1S/C23H35NO5Si/c1-24-12-11-22-16-7-8-18(25)21(22)29-23(10-5-13-30(4,27-2)28-3)19(26)9-6-15(20(22)23)14-17(16)24/h6-9,16-19,21,25-26H,5,10-14H2,1-4H3/t16-,17+,18-,19?,21-,22-,23?/m0/s1. The minimum absolute atomic E-state index is 0.214. The van der Waals surface area contributed by atoms with Gasteiger partial charge >= 0.3 is 8.56 Å². The van der Waals surface area contributed by atoms with Gasteiger partial charge in [0.2, 0.25) is 0 Å². The molecular weight excluding hydrogens is 398 g/mol. The highest BCUT2D eigenvalue weighted by Crippen LogP contribution is 2.67. The Kier molecular flexibility index (Phi) is 4.99. The van der Waals surface area contributed by atoms with E-state index in [-0.39, 0.29) is 11.5 Å². The van der Waals surface area contributed by atoms with Crippen molar-refractivity contribution in [2.24, 2.45) is 11.3 Å². The van der Waals surface area contributed by atoms with E-state index >= 15 is 0 Å². The number of allylic oxidation sites excluding steroid dienone is 1. The van der Waals surface area contributed by atoms with Crippen molar-refractivity contribution < 1.29 is 23.8 Å². The van der Waals surface area contributed by atoms with Gasteiger partial charge in [-0.2, -0.15) is 0 Å². The largest absolute Gasteiger partial charge is 0.398 e. The van der Waals surface area contributed by atoms with Crippen molar-refractivity contribution in [3.63, 3.8) is 0 Å². The lowest BCUT2D eigenvalue weighted by molar-refractivity contribution is -0.143. The first-order valence-corrected chi connectivity index (χ1v) is 13.8. The monoisotopic (exact) mass is 433 g/mol. The van der Waals surface area contributed by atoms with Gasteiger partial charge in [-0.05, 0) is 63.0 Å². The highest BCUT2D eigenvalue weighted by Gasteiger charge is 2.71. The summed E-state index contributed by atoms with van der Waals surface area (Å²) in [5, 5.41) is 22.2. The molecule has 2 aliphatic heterocycles. The van der Waals surface area contributed by atoms with Gasteiger partial charge in [-0.3, -0.25) is 0 Å². The third-order valence-corrected chi connectivity index (χ3v) is 11.8. The minimum Gasteiger partial charge on any atom is -0.398 e. The Labute approximate surface area is 180 Å². The average Bonchev–Trinajstić information content (AvgIpc) is 3.05. The van der Waals surface area contributed by atoms with Crippen LogP contribution in [-0.2, 0) is 13.6 Å². The Morgan fingerprint density at radius 1 is 1.23 bits per heavy atom. The number of ether oxygens (including phenoxy) is 1. The second kappa shape index (κ2) is 7.10. The van der Waals surface area contributed by atoms with Crippen LogP contribution >= 0.6 is 0 Å². The van der Waals surface area contributed by atoms with Crippen molar-refractivity contribution in [2.75, 3.05) is 27.8 Å². The molecule has 3 aliphatic carbocycles. The predicted molar refractivity (Wildman–Crippen MR) is 116 cm³/mol. The van der Waals surface area contributed by atoms with Gasteiger partial charge in [0.15, 0.2) is 0 Å². The molecule has 2 unspecified atom stereocenters. The number of aliphatic hydroxyl groups is 2. The predicted octanol–water partition coefficient (Wildman–Crippen LogP) is 2.14. The van der Waals surface area contributed by atoms with Crippen molar-refractivity contribution in [1.29, 1.82) is 0 Å². The molecule has 5 rings (SSSR count). The summed E-state index contributed by atoms with van der Waals surface area (Å²) in [7, 11) is 3.46. The number of piperidine rings is 1. The van der Waals surface area contributed by atoms with E-state index in [1.165, 1.54) is 11.1 Å². The van der Waals surface area contributed by atoms with Crippen LogP contribution < -0.4 is 0 Å². The molecule has 0 aromatic rings. The summed E-state index contributed by atoms with van der Waals surface area (Å²) in [6, 6.07) is 1.26. The highest BCUT2D eigenvalue weighted by atomic mass is 28.4. The normalized spacial score (nSPS) is 44.5. The minimum atomic E-state index is -2.20. The van der Waals surface area contributed by atoms with Crippen molar-refractivity contribution in [1.82, 2.24) is 4.90 Å². The van der Waals surface area contributed by atoms with E-state index in [1.807, 2.05) is 12.2 Å². The maximum Gasteiger partial charge on any atom is 0.334 e. The summed E-state index contributed by atoms with van der Waals surface area (Å²) in [6.07, 6.45) is 10.1. The topological polar surface area (TPSA) is 71.4 Å². The van der Waals surface area contributed by atoms with Crippen LogP contribution in [0.25, 0.3) is 0 Å². The van der Waals surface area contributed by atoms with Gasteiger partial charge in [-0.1, -0.05) is 24.3 Å². The molecule has 166 valence electrons. The van der Waals surface area contributed by atoms with E-state index < -0.39 is 26.4 Å². The SMILES string of the molecule is CO[Si](C)(CCCC12O[C@H]3[C@@H](O)C=C[C@H]4[C@H]5CC(=C1[C@]43CCN5C)C=CC2O)OC. The second-order valence-corrected chi connectivity index (χ2v) is 13.6. The molecule has 0 aromatic heterocycles. The smallest absolute Gasteiger partial charge is 0.334 e. The van der Waals surface area contributed by atoms with Crippen molar-refractivity contribution in [2.45, 2.75) is 68.2 Å². The first-order valence-electron chi connectivity index (χ1n) is 11.3. The van der Waals surface area contributed by atoms with Crippen LogP contribution in [0.5, 0.6) is 0 Å². The first kappa shape index (κ1) is 21.1. The zero-order valence-corrected chi connectivity index (χ0v) is 19.5. The number of hydrogen-bond donors (Lipinski definition) is 2. The fourth-order valence-corrected chi connectivity index (χ4v) is 8.47. The molecule has 5 aliphatic rings. The van der Waals surface area contributed by atoms with Crippen molar-refractivity contribution >= 4 is 8.56 Å². The molecule has 0 saturated carbocycles. The molecule has 6 nitrogen and oxygen atoms in total. The van der Waals surface area contributed by atoms with Gasteiger partial charge in [-0.15, -0.1) is 0 Å². The third kappa shape index (κ3) is 2.63. The maximum absolute atomic E-state index is 11.3. The summed E-state index contributed by atoms with van der Waals surface area (Å²) in [6.45, 7) is 3.07. The van der Waals surface area contributed by atoms with Gasteiger partial charge in [0, 0.05) is 31.6 Å². The fourth-order valence-electron chi connectivity index (χ4n) is 7.07. The Hall–Kier alpha value is -0.803. The number of likely N-dealkylation sites (tertiary alicyclic amines) is 1. The summed E-state index contributed by atoms with van der Waals surface area (Å²) < 4.78 is 18.2. The highest BCUT2D eigenvalue weighted by molar-refractivity contribution is 6.65. The molecule has 30 heavy (non-hydrogen) atoms. The lowest BCUT2D eigenvalue weighted by Crippen LogP contribution is -2.62. The van der Waals surface area contributed by atoms with Gasteiger partial charge in [0.05, 0.1) is 12.2 Å². The molecule has 2 bridgehead atoms. The molecule has 7 heteroatoms. The van der Waals surface area contributed by atoms with E-state index in [2.05, 4.69) is 30.6 Å². The zero-order valence-electron chi connectivity index (χ0n) is 18.5. The molecule has 0 aromatic carbocycles. The van der Waals surface area contributed by atoms with Crippen LogP contribution in [-0.4, -0.2) is 81.4 Å². The van der Waals surface area contributed by atoms with E-state index in [9.17, 15) is 10.2 Å². The summed E-state index contributed by atoms with van der Waals surface area (Å²) in [5.74, 6) is 0.321. The third-order valence-electron chi connectivity index (χ3n) is 8.76. The van der Waals surface area contributed by atoms with Crippen LogP contribution in [0.2, 0.25) is 12.6 Å². The number of nitrogens with zero attached hydrogens (tertiary/aromatic N) is 1. The van der Waals surface area contributed by atoms with Crippen LogP contribution in [0.15, 0.2) is 35.5 Å². The average molecular weight is 434 g/mol. The maximum atomic E-state index is 11.3. The van der Waals surface area contributed by atoms with Crippen molar-refractivity contribution in [3.05, 3.63) is 35.5 Å². The van der Waals surface area contributed by atoms with Gasteiger partial charge < -0.3 is 28.7 Å². The number of rotatable bonds is 6. The lowest BCUT2D eigenvalue weighted by Gasteiger charge is -2.58. The van der Waals surface area contributed by atoms with E-state index in [0.717, 1.165) is 31.9 Å². The zero-order chi connectivity index (χ0) is 21.3. The summed E-state index contributed by atoms with van der Waals surface area (Å²) in [5.41, 5.74) is 1.63. The van der Waals surface area contributed by atoms with Gasteiger partial charge in [-0.25, -0.2) is 0 Å². The first-order chi connectivity index (χ1) is 14.3. The van der Waals surface area contributed by atoms with Crippen LogP contribution in [0, 0.1) is 11.3 Å². The number of hydrogen-bond acceptors (Lipinski definition) is 6. The molecule has 2 N–H and O–H groups in total. The Morgan fingerprint density at radius 2 is 2.00 bits per heavy atom. The van der Waals surface area contributed by atoms with Crippen LogP contribution in [0.4, 0.5) is 0 Å². The Bertz CT molecular complexity index is 807. The number of aliphatic hydroxyl groups excluding tert-OH is 2. The van der Waals surface area contributed by atoms with Crippen LogP contribution in [0.1, 0.15) is 25.7 Å². The second-order valence-electron chi connectivity index (χ2n) is 9.97. The quantitative estimate of drug-likeness (QED) is 0.494.